The molecule has 8 heteroatoms. The first-order valence-electron chi connectivity index (χ1n) is 8.86. The molecule has 2 aromatic carbocycles. The molecule has 2 heterocycles. The molecular weight excluding hydrogens is 370 g/mol. The van der Waals surface area contributed by atoms with Crippen molar-refractivity contribution >= 4 is 11.6 Å². The Bertz CT molecular complexity index is 1190. The van der Waals surface area contributed by atoms with Gasteiger partial charge in [0, 0.05) is 6.07 Å². The molecule has 4 rings (SSSR count). The fourth-order valence-corrected chi connectivity index (χ4v) is 2.78. The Balaban J connectivity index is 1.58. The highest BCUT2D eigenvalue weighted by Gasteiger charge is 2.17. The summed E-state index contributed by atoms with van der Waals surface area (Å²) in [5.41, 5.74) is 1.19. The van der Waals surface area contributed by atoms with Crippen LogP contribution in [0.25, 0.3) is 5.82 Å². The smallest absolute Gasteiger partial charge is 0.264 e. The Labute approximate surface area is 165 Å². The van der Waals surface area contributed by atoms with E-state index < -0.39 is 0 Å². The number of hydrogen-bond acceptors (Lipinski definition) is 5. The summed E-state index contributed by atoms with van der Waals surface area (Å²) in [5.74, 6) is 1.28. The molecule has 0 aliphatic heterocycles. The van der Waals surface area contributed by atoms with Crippen LogP contribution in [0.1, 0.15) is 16.1 Å². The van der Waals surface area contributed by atoms with Crippen molar-refractivity contribution in [3.8, 4) is 17.3 Å². The van der Waals surface area contributed by atoms with Gasteiger partial charge in [-0.1, -0.05) is 30.3 Å². The standard InChI is InChI=1S/C21H17N5O3/c1-14-16(13-22-26(14)19-11-12-20(27)25-24-19)21(28)23-17-9-5-6-10-18(17)29-15-7-3-2-4-8-15/h2-13H,1H3,(H,23,28)(H,25,27). The largest absolute Gasteiger partial charge is 0.455 e. The summed E-state index contributed by atoms with van der Waals surface area (Å²) in [5, 5.41) is 13.4. The van der Waals surface area contributed by atoms with Crippen LogP contribution >= 0.6 is 0 Å². The lowest BCUT2D eigenvalue weighted by Crippen LogP contribution is -2.14. The number of carbonyl (C=O) groups is 1. The van der Waals surface area contributed by atoms with Gasteiger partial charge in [-0.15, -0.1) is 0 Å². The number of carbonyl (C=O) groups excluding carboxylic acids is 1. The Morgan fingerprint density at radius 3 is 2.55 bits per heavy atom. The highest BCUT2D eigenvalue weighted by molar-refractivity contribution is 6.05. The number of nitrogens with zero attached hydrogens (tertiary/aromatic N) is 3. The average molecular weight is 387 g/mol. The van der Waals surface area contributed by atoms with E-state index in [0.717, 1.165) is 0 Å². The number of H-pyrrole nitrogens is 1. The number of ether oxygens (including phenoxy) is 1. The van der Waals surface area contributed by atoms with E-state index in [9.17, 15) is 9.59 Å². The van der Waals surface area contributed by atoms with Crippen LogP contribution in [0, 0.1) is 6.92 Å². The van der Waals surface area contributed by atoms with Crippen LogP contribution in [0.15, 0.2) is 77.7 Å². The number of hydrogen-bond donors (Lipinski definition) is 2. The van der Waals surface area contributed by atoms with E-state index in [1.54, 1.807) is 19.1 Å². The van der Waals surface area contributed by atoms with E-state index in [2.05, 4.69) is 20.6 Å². The third-order valence-electron chi connectivity index (χ3n) is 4.24. The minimum Gasteiger partial charge on any atom is -0.455 e. The van der Waals surface area contributed by atoms with Gasteiger partial charge < -0.3 is 10.1 Å². The van der Waals surface area contributed by atoms with Crippen LogP contribution in [-0.4, -0.2) is 25.9 Å². The van der Waals surface area contributed by atoms with Crippen molar-refractivity contribution in [1.82, 2.24) is 20.0 Å². The highest BCUT2D eigenvalue weighted by atomic mass is 16.5. The molecule has 29 heavy (non-hydrogen) atoms. The van der Waals surface area contributed by atoms with Gasteiger partial charge in [-0.3, -0.25) is 9.59 Å². The number of para-hydroxylation sites is 3. The number of benzene rings is 2. The van der Waals surface area contributed by atoms with Crippen LogP contribution < -0.4 is 15.6 Å². The Morgan fingerprint density at radius 1 is 1.03 bits per heavy atom. The molecule has 0 aliphatic carbocycles. The van der Waals surface area contributed by atoms with Crippen LogP contribution in [-0.2, 0) is 0 Å². The molecule has 4 aromatic rings. The predicted octanol–water partition coefficient (Wildman–Crippen LogP) is 3.31. The van der Waals surface area contributed by atoms with E-state index in [1.165, 1.54) is 23.0 Å². The van der Waals surface area contributed by atoms with E-state index in [4.69, 9.17) is 4.74 Å². The Morgan fingerprint density at radius 2 is 1.79 bits per heavy atom. The van der Waals surface area contributed by atoms with Crippen LogP contribution in [0.5, 0.6) is 11.5 Å². The van der Waals surface area contributed by atoms with Gasteiger partial charge in [-0.05, 0) is 37.3 Å². The molecule has 0 radical (unpaired) electrons. The van der Waals surface area contributed by atoms with Gasteiger partial charge in [-0.2, -0.15) is 10.2 Å². The second kappa shape index (κ2) is 7.81. The lowest BCUT2D eigenvalue weighted by atomic mass is 10.2. The third-order valence-corrected chi connectivity index (χ3v) is 4.24. The number of aromatic amines is 1. The molecule has 0 fully saturated rings. The molecule has 0 spiro atoms. The highest BCUT2D eigenvalue weighted by Crippen LogP contribution is 2.29. The first-order chi connectivity index (χ1) is 14.1. The maximum Gasteiger partial charge on any atom is 0.264 e. The van der Waals surface area contributed by atoms with Gasteiger partial charge >= 0.3 is 0 Å². The molecule has 2 N–H and O–H groups in total. The zero-order valence-corrected chi connectivity index (χ0v) is 15.5. The molecule has 0 saturated heterocycles. The van der Waals surface area contributed by atoms with Crippen LogP contribution in [0.2, 0.25) is 0 Å². The molecule has 0 saturated carbocycles. The van der Waals surface area contributed by atoms with Gasteiger partial charge in [0.1, 0.15) is 5.75 Å². The summed E-state index contributed by atoms with van der Waals surface area (Å²) in [7, 11) is 0. The summed E-state index contributed by atoms with van der Waals surface area (Å²) in [6.45, 7) is 1.75. The number of anilines is 1. The first kappa shape index (κ1) is 18.2. The minimum atomic E-state index is -0.331. The number of amides is 1. The zero-order chi connectivity index (χ0) is 20.2. The second-order valence-electron chi connectivity index (χ2n) is 6.20. The summed E-state index contributed by atoms with van der Waals surface area (Å²) in [6.07, 6.45) is 1.46. The Hall–Kier alpha value is -4.20. The lowest BCUT2D eigenvalue weighted by Gasteiger charge is -2.12. The van der Waals surface area contributed by atoms with Gasteiger partial charge in [0.15, 0.2) is 11.6 Å². The maximum atomic E-state index is 12.8. The van der Waals surface area contributed by atoms with Crippen molar-refractivity contribution in [2.45, 2.75) is 6.92 Å². The summed E-state index contributed by atoms with van der Waals surface area (Å²) in [6, 6.07) is 19.4. The molecule has 0 atom stereocenters. The number of aromatic nitrogens is 4. The van der Waals surface area contributed by atoms with E-state index in [1.807, 2.05) is 42.5 Å². The van der Waals surface area contributed by atoms with Gasteiger partial charge in [0.05, 0.1) is 23.1 Å². The fraction of sp³-hybridized carbons (Fsp3) is 0.0476. The van der Waals surface area contributed by atoms with Gasteiger partial charge in [0.2, 0.25) is 0 Å². The minimum absolute atomic E-state index is 0.313. The second-order valence-corrected chi connectivity index (χ2v) is 6.20. The summed E-state index contributed by atoms with van der Waals surface area (Å²) >= 11 is 0. The average Bonchev–Trinajstić information content (AvgIpc) is 3.12. The quantitative estimate of drug-likeness (QED) is 0.547. The lowest BCUT2D eigenvalue weighted by molar-refractivity contribution is 0.102. The van der Waals surface area contributed by atoms with Crippen molar-refractivity contribution < 1.29 is 9.53 Å². The normalized spacial score (nSPS) is 10.5. The molecule has 1 amide bonds. The van der Waals surface area contributed by atoms with Gasteiger partial charge in [0.25, 0.3) is 11.5 Å². The van der Waals surface area contributed by atoms with Gasteiger partial charge in [-0.25, -0.2) is 9.78 Å². The maximum absolute atomic E-state index is 12.8. The molecule has 0 bridgehead atoms. The predicted molar refractivity (Wildman–Crippen MR) is 108 cm³/mol. The SMILES string of the molecule is Cc1c(C(=O)Nc2ccccc2Oc2ccccc2)cnn1-c1ccc(=O)[nH]n1. The third kappa shape index (κ3) is 3.91. The zero-order valence-electron chi connectivity index (χ0n) is 15.5. The topological polar surface area (TPSA) is 102 Å². The Kier molecular flexibility index (Phi) is 4.90. The van der Waals surface area contributed by atoms with Crippen molar-refractivity contribution in [3.63, 3.8) is 0 Å². The van der Waals surface area contributed by atoms with Crippen LogP contribution in [0.4, 0.5) is 5.69 Å². The molecule has 144 valence electrons. The summed E-state index contributed by atoms with van der Waals surface area (Å²) in [4.78, 5) is 24.0. The van der Waals surface area contributed by atoms with E-state index in [-0.39, 0.29) is 11.5 Å². The van der Waals surface area contributed by atoms with Crippen molar-refractivity contribution in [3.05, 3.63) is 94.5 Å². The number of rotatable bonds is 5. The van der Waals surface area contributed by atoms with Crippen molar-refractivity contribution in [2.75, 3.05) is 5.32 Å². The summed E-state index contributed by atoms with van der Waals surface area (Å²) < 4.78 is 7.37. The van der Waals surface area contributed by atoms with Crippen molar-refractivity contribution in [1.29, 1.82) is 0 Å². The number of nitrogens with one attached hydrogen (secondary N) is 2. The van der Waals surface area contributed by atoms with E-state index in [0.29, 0.717) is 34.3 Å². The fourth-order valence-electron chi connectivity index (χ4n) is 2.78. The molecule has 0 aliphatic rings. The molecule has 0 unspecified atom stereocenters. The van der Waals surface area contributed by atoms with Crippen molar-refractivity contribution in [2.24, 2.45) is 0 Å². The van der Waals surface area contributed by atoms with Crippen LogP contribution in [0.3, 0.4) is 0 Å². The first-order valence-corrected chi connectivity index (χ1v) is 8.86. The molecular formula is C21H17N5O3. The molecule has 8 nitrogen and oxygen atoms in total. The molecule has 2 aromatic heterocycles. The van der Waals surface area contributed by atoms with E-state index >= 15 is 0 Å². The monoisotopic (exact) mass is 387 g/mol.